The summed E-state index contributed by atoms with van der Waals surface area (Å²) in [6, 6.07) is 9.35. The number of hydrogen-bond donors (Lipinski definition) is 1. The summed E-state index contributed by atoms with van der Waals surface area (Å²) in [5.74, 6) is -0.930. The fourth-order valence-electron chi connectivity index (χ4n) is 2.10. The van der Waals surface area contributed by atoms with Gasteiger partial charge in [-0.3, -0.25) is 0 Å². The van der Waals surface area contributed by atoms with Gasteiger partial charge >= 0.3 is 5.97 Å². The summed E-state index contributed by atoms with van der Waals surface area (Å²) in [5.41, 5.74) is 1.60. The number of carboxylic acids is 1. The Kier molecular flexibility index (Phi) is 3.79. The minimum atomic E-state index is -0.930. The molecule has 7 heteroatoms. The predicted octanol–water partition coefficient (Wildman–Crippen LogP) is 3.69. The van der Waals surface area contributed by atoms with Crippen LogP contribution in [0.2, 0.25) is 0 Å². The highest BCUT2D eigenvalue weighted by molar-refractivity contribution is 9.10. The van der Waals surface area contributed by atoms with E-state index >= 15 is 0 Å². The molecular formula is C14H11BrN2O3S. The molecule has 21 heavy (non-hydrogen) atoms. The number of carbonyl (C=O) groups is 1. The topological polar surface area (TPSA) is 64.4 Å². The van der Waals surface area contributed by atoms with Crippen LogP contribution in [0.3, 0.4) is 0 Å². The smallest absolute Gasteiger partial charge is 0.345 e. The van der Waals surface area contributed by atoms with Crippen molar-refractivity contribution in [3.05, 3.63) is 45.4 Å². The van der Waals surface area contributed by atoms with Gasteiger partial charge in [-0.15, -0.1) is 11.3 Å². The molecule has 2 heterocycles. The van der Waals surface area contributed by atoms with Crippen molar-refractivity contribution in [3.8, 4) is 5.69 Å². The lowest BCUT2D eigenvalue weighted by Gasteiger charge is -2.02. The number of halogens is 1. The van der Waals surface area contributed by atoms with Crippen LogP contribution in [0.1, 0.15) is 15.4 Å². The molecule has 0 atom stereocenters. The zero-order valence-corrected chi connectivity index (χ0v) is 13.4. The van der Waals surface area contributed by atoms with Gasteiger partial charge in [0, 0.05) is 17.0 Å². The SMILES string of the molecule is COCc1nn(-c2cccc(Br)c2)c2sc(C(=O)O)cc12. The van der Waals surface area contributed by atoms with E-state index in [2.05, 4.69) is 21.0 Å². The fourth-order valence-corrected chi connectivity index (χ4v) is 3.48. The number of aromatic nitrogens is 2. The van der Waals surface area contributed by atoms with Crippen molar-refractivity contribution in [2.45, 2.75) is 6.61 Å². The first kappa shape index (κ1) is 14.2. The number of thiophene rings is 1. The predicted molar refractivity (Wildman–Crippen MR) is 84.3 cm³/mol. The number of carboxylic acid groups (broad SMARTS) is 1. The van der Waals surface area contributed by atoms with E-state index in [1.807, 2.05) is 24.3 Å². The van der Waals surface area contributed by atoms with Gasteiger partial charge in [-0.05, 0) is 24.3 Å². The van der Waals surface area contributed by atoms with E-state index < -0.39 is 5.97 Å². The third-order valence-corrected chi connectivity index (χ3v) is 4.57. The molecule has 0 spiro atoms. The molecule has 0 fully saturated rings. The Hall–Kier alpha value is -1.70. The lowest BCUT2D eigenvalue weighted by atomic mass is 10.3. The van der Waals surface area contributed by atoms with Gasteiger partial charge < -0.3 is 9.84 Å². The number of fused-ring (bicyclic) bond motifs is 1. The Labute approximate surface area is 132 Å². The van der Waals surface area contributed by atoms with E-state index in [4.69, 9.17) is 4.74 Å². The van der Waals surface area contributed by atoms with E-state index in [0.717, 1.165) is 26.1 Å². The van der Waals surface area contributed by atoms with Crippen molar-refractivity contribution in [2.75, 3.05) is 7.11 Å². The van der Waals surface area contributed by atoms with Gasteiger partial charge in [0.15, 0.2) is 0 Å². The molecule has 0 saturated carbocycles. The Balaban J connectivity index is 2.24. The second-order valence-electron chi connectivity index (χ2n) is 4.41. The van der Waals surface area contributed by atoms with Crippen LogP contribution in [0.4, 0.5) is 0 Å². The minimum absolute atomic E-state index is 0.295. The molecule has 0 unspecified atom stereocenters. The van der Waals surface area contributed by atoms with Crippen LogP contribution in [0.15, 0.2) is 34.8 Å². The number of benzene rings is 1. The van der Waals surface area contributed by atoms with E-state index in [0.29, 0.717) is 11.5 Å². The molecule has 0 aliphatic carbocycles. The molecule has 0 aliphatic rings. The van der Waals surface area contributed by atoms with Crippen LogP contribution in [-0.2, 0) is 11.3 Å². The Morgan fingerprint density at radius 2 is 2.29 bits per heavy atom. The van der Waals surface area contributed by atoms with Gasteiger partial charge in [0.1, 0.15) is 9.71 Å². The Bertz CT molecular complexity index is 825. The maximum absolute atomic E-state index is 11.2. The quantitative estimate of drug-likeness (QED) is 0.764. The fraction of sp³-hybridized carbons (Fsp3) is 0.143. The monoisotopic (exact) mass is 366 g/mol. The summed E-state index contributed by atoms with van der Waals surface area (Å²) in [5, 5.41) is 14.5. The third kappa shape index (κ3) is 2.59. The summed E-state index contributed by atoms with van der Waals surface area (Å²) in [6.07, 6.45) is 0. The zero-order valence-electron chi connectivity index (χ0n) is 11.0. The van der Waals surface area contributed by atoms with Crippen LogP contribution in [0, 0.1) is 0 Å². The van der Waals surface area contributed by atoms with Gasteiger partial charge in [-0.25, -0.2) is 9.48 Å². The van der Waals surface area contributed by atoms with Crippen LogP contribution < -0.4 is 0 Å². The van der Waals surface area contributed by atoms with E-state index in [1.54, 1.807) is 17.9 Å². The van der Waals surface area contributed by atoms with Gasteiger partial charge in [-0.1, -0.05) is 22.0 Å². The van der Waals surface area contributed by atoms with Gasteiger partial charge in [0.25, 0.3) is 0 Å². The molecule has 2 aromatic heterocycles. The maximum atomic E-state index is 11.2. The first-order valence-electron chi connectivity index (χ1n) is 6.09. The van der Waals surface area contributed by atoms with Crippen LogP contribution in [0.5, 0.6) is 0 Å². The summed E-state index contributed by atoms with van der Waals surface area (Å²) in [6.45, 7) is 0.341. The maximum Gasteiger partial charge on any atom is 0.345 e. The molecule has 5 nitrogen and oxygen atoms in total. The first-order chi connectivity index (χ1) is 10.1. The second-order valence-corrected chi connectivity index (χ2v) is 6.35. The van der Waals surface area contributed by atoms with Gasteiger partial charge in [0.2, 0.25) is 0 Å². The standard InChI is InChI=1S/C14H11BrN2O3S/c1-20-7-11-10-6-12(14(18)19)21-13(10)17(16-11)9-4-2-3-8(15)5-9/h2-6H,7H2,1H3,(H,18,19). The lowest BCUT2D eigenvalue weighted by molar-refractivity contribution is 0.0702. The van der Waals surface area contributed by atoms with Crippen LogP contribution >= 0.6 is 27.3 Å². The summed E-state index contributed by atoms with van der Waals surface area (Å²) >= 11 is 4.64. The Morgan fingerprint density at radius 3 is 2.95 bits per heavy atom. The van der Waals surface area contributed by atoms with Crippen molar-refractivity contribution < 1.29 is 14.6 Å². The molecule has 3 rings (SSSR count). The second kappa shape index (κ2) is 5.59. The third-order valence-electron chi connectivity index (χ3n) is 2.98. The zero-order chi connectivity index (χ0) is 15.0. The normalized spacial score (nSPS) is 11.1. The molecular weight excluding hydrogens is 356 g/mol. The number of aromatic carboxylic acids is 1. The lowest BCUT2D eigenvalue weighted by Crippen LogP contribution is -1.98. The number of nitrogens with zero attached hydrogens (tertiary/aromatic N) is 2. The number of hydrogen-bond acceptors (Lipinski definition) is 4. The van der Waals surface area contributed by atoms with Crippen molar-refractivity contribution in [1.82, 2.24) is 9.78 Å². The number of methoxy groups -OCH3 is 1. The number of ether oxygens (including phenoxy) is 1. The van der Waals surface area contributed by atoms with Crippen LogP contribution in [0.25, 0.3) is 15.9 Å². The summed E-state index contributed by atoms with van der Waals surface area (Å²) in [7, 11) is 1.59. The highest BCUT2D eigenvalue weighted by Gasteiger charge is 2.18. The van der Waals surface area contributed by atoms with Crippen molar-refractivity contribution in [2.24, 2.45) is 0 Å². The summed E-state index contributed by atoms with van der Waals surface area (Å²) in [4.78, 5) is 12.3. The molecule has 1 aromatic carbocycles. The highest BCUT2D eigenvalue weighted by atomic mass is 79.9. The minimum Gasteiger partial charge on any atom is -0.477 e. The highest BCUT2D eigenvalue weighted by Crippen LogP contribution is 2.31. The first-order valence-corrected chi connectivity index (χ1v) is 7.70. The van der Waals surface area contributed by atoms with Crippen LogP contribution in [-0.4, -0.2) is 28.0 Å². The van der Waals surface area contributed by atoms with E-state index in [-0.39, 0.29) is 0 Å². The summed E-state index contributed by atoms with van der Waals surface area (Å²) < 4.78 is 7.84. The van der Waals surface area contributed by atoms with E-state index in [1.165, 1.54) is 11.3 Å². The van der Waals surface area contributed by atoms with Crippen molar-refractivity contribution >= 4 is 43.5 Å². The molecule has 3 aromatic rings. The van der Waals surface area contributed by atoms with Gasteiger partial charge in [-0.2, -0.15) is 5.10 Å². The van der Waals surface area contributed by atoms with Crippen molar-refractivity contribution in [3.63, 3.8) is 0 Å². The molecule has 108 valence electrons. The average molecular weight is 367 g/mol. The molecule has 0 radical (unpaired) electrons. The largest absolute Gasteiger partial charge is 0.477 e. The molecule has 0 bridgehead atoms. The van der Waals surface area contributed by atoms with E-state index in [9.17, 15) is 9.90 Å². The molecule has 0 amide bonds. The number of rotatable bonds is 4. The van der Waals surface area contributed by atoms with Crippen molar-refractivity contribution in [1.29, 1.82) is 0 Å². The Morgan fingerprint density at radius 1 is 1.48 bits per heavy atom. The average Bonchev–Trinajstić information content (AvgIpc) is 3.00. The molecule has 1 N–H and O–H groups in total. The van der Waals surface area contributed by atoms with Gasteiger partial charge in [0.05, 0.1) is 18.0 Å². The molecule has 0 saturated heterocycles. The molecule has 0 aliphatic heterocycles.